The Labute approximate surface area is 201 Å². The van der Waals surface area contributed by atoms with Crippen LogP contribution in [-0.4, -0.2) is 52.2 Å². The van der Waals surface area contributed by atoms with Crippen LogP contribution in [0.3, 0.4) is 0 Å². The Bertz CT molecular complexity index is 1450. The van der Waals surface area contributed by atoms with Crippen molar-refractivity contribution in [1.29, 1.82) is 5.26 Å². The van der Waals surface area contributed by atoms with Gasteiger partial charge in [0.05, 0.1) is 11.7 Å². The zero-order valence-corrected chi connectivity index (χ0v) is 19.4. The van der Waals surface area contributed by atoms with Crippen LogP contribution in [0.2, 0.25) is 0 Å². The molecule has 0 bridgehead atoms. The maximum Gasteiger partial charge on any atom is 0.290 e. The molecule has 9 heteroatoms. The van der Waals surface area contributed by atoms with Crippen LogP contribution in [0.25, 0.3) is 22.0 Å². The van der Waals surface area contributed by atoms with Gasteiger partial charge in [0, 0.05) is 49.0 Å². The normalized spacial score (nSPS) is 19.6. The summed E-state index contributed by atoms with van der Waals surface area (Å²) in [5.74, 6) is -2.84. The molecule has 4 heterocycles. The fourth-order valence-corrected chi connectivity index (χ4v) is 6.05. The molecule has 2 aliphatic heterocycles. The van der Waals surface area contributed by atoms with E-state index in [-0.39, 0.29) is 29.9 Å². The van der Waals surface area contributed by atoms with Crippen LogP contribution < -0.4 is 4.90 Å². The SMILES string of the molecule is C=CC(=O)N1CC2(CCN(c3nc4c(c(-c5c(C)ccc6[nH]ncc56)c3C#N)CCC4(F)F)C2)C1. The van der Waals surface area contributed by atoms with Crippen LogP contribution in [0, 0.1) is 23.7 Å². The van der Waals surface area contributed by atoms with E-state index in [1.807, 2.05) is 24.0 Å². The van der Waals surface area contributed by atoms with E-state index in [1.54, 1.807) is 11.1 Å². The lowest BCUT2D eigenvalue weighted by Gasteiger charge is -2.47. The number of alkyl halides is 2. The first-order valence-corrected chi connectivity index (χ1v) is 11.7. The molecular formula is C26H24F2N6O. The van der Waals surface area contributed by atoms with Crippen LogP contribution in [0.1, 0.15) is 35.2 Å². The Kier molecular flexibility index (Phi) is 4.56. The van der Waals surface area contributed by atoms with Crippen LogP contribution in [0.4, 0.5) is 14.6 Å². The van der Waals surface area contributed by atoms with Crippen LogP contribution in [-0.2, 0) is 17.1 Å². The molecule has 2 saturated heterocycles. The molecule has 7 nitrogen and oxygen atoms in total. The molecule has 2 aromatic heterocycles. The Morgan fingerprint density at radius 3 is 2.80 bits per heavy atom. The van der Waals surface area contributed by atoms with E-state index in [2.05, 4.69) is 27.8 Å². The molecule has 0 unspecified atom stereocenters. The number of nitriles is 1. The Morgan fingerprint density at radius 2 is 2.06 bits per heavy atom. The number of aromatic nitrogens is 3. The molecule has 6 rings (SSSR count). The second kappa shape index (κ2) is 7.35. The number of halogens is 2. The number of carbonyl (C=O) groups is 1. The van der Waals surface area contributed by atoms with Crippen molar-refractivity contribution in [3.05, 3.63) is 53.4 Å². The van der Waals surface area contributed by atoms with Gasteiger partial charge in [0.1, 0.15) is 23.1 Å². The van der Waals surface area contributed by atoms with Gasteiger partial charge in [0.15, 0.2) is 0 Å². The predicted molar refractivity (Wildman–Crippen MR) is 127 cm³/mol. The molecule has 1 aliphatic carbocycles. The standard InChI is InChI=1S/C26H24F2N6O/c1-3-20(35)34-13-25(14-34)8-9-33(12-25)24-17(10-29)22(16-6-7-26(27,28)23(16)31-24)21-15(2)4-5-19-18(21)11-30-32-19/h3-5,11H,1,6-9,12-14H2,2H3,(H,30,32). The molecule has 35 heavy (non-hydrogen) atoms. The fourth-order valence-electron chi connectivity index (χ4n) is 6.05. The first-order valence-electron chi connectivity index (χ1n) is 11.7. The van der Waals surface area contributed by atoms with Gasteiger partial charge in [-0.1, -0.05) is 12.6 Å². The minimum atomic E-state index is -3.05. The molecule has 0 atom stereocenters. The lowest BCUT2D eigenvalue weighted by Crippen LogP contribution is -2.59. The highest BCUT2D eigenvalue weighted by Crippen LogP contribution is 2.50. The van der Waals surface area contributed by atoms with Crippen LogP contribution in [0.5, 0.6) is 0 Å². The molecule has 2 fully saturated rings. The van der Waals surface area contributed by atoms with Crippen molar-refractivity contribution in [3.63, 3.8) is 0 Å². The maximum absolute atomic E-state index is 15.1. The first kappa shape index (κ1) is 21.7. The van der Waals surface area contributed by atoms with E-state index in [0.717, 1.165) is 28.5 Å². The number of amides is 1. The third kappa shape index (κ3) is 3.09. The van der Waals surface area contributed by atoms with Crippen molar-refractivity contribution in [2.45, 2.75) is 32.1 Å². The number of nitrogens with one attached hydrogen (secondary N) is 1. The maximum atomic E-state index is 15.1. The number of pyridine rings is 1. The molecule has 3 aliphatic rings. The third-order valence-electron chi connectivity index (χ3n) is 7.79. The number of likely N-dealkylation sites (tertiary alicyclic amines) is 1. The summed E-state index contributed by atoms with van der Waals surface area (Å²) in [5.41, 5.74) is 3.42. The summed E-state index contributed by atoms with van der Waals surface area (Å²) < 4.78 is 30.1. The number of carbonyl (C=O) groups excluding carboxylic acids is 1. The smallest absolute Gasteiger partial charge is 0.290 e. The molecule has 1 amide bonds. The number of hydrogen-bond acceptors (Lipinski definition) is 5. The van der Waals surface area contributed by atoms with E-state index in [0.29, 0.717) is 48.7 Å². The van der Waals surface area contributed by atoms with Gasteiger partial charge in [-0.25, -0.2) is 4.98 Å². The van der Waals surface area contributed by atoms with Crippen molar-refractivity contribution in [2.75, 3.05) is 31.1 Å². The number of anilines is 1. The quantitative estimate of drug-likeness (QED) is 0.578. The summed E-state index contributed by atoms with van der Waals surface area (Å²) in [6.45, 7) is 7.82. The van der Waals surface area contributed by atoms with E-state index in [9.17, 15) is 10.1 Å². The largest absolute Gasteiger partial charge is 0.355 e. The van der Waals surface area contributed by atoms with Gasteiger partial charge in [-0.05, 0) is 48.6 Å². The minimum absolute atomic E-state index is 0.104. The van der Waals surface area contributed by atoms with Crippen LogP contribution >= 0.6 is 0 Å². The number of rotatable bonds is 3. The Hall–Kier alpha value is -3.80. The van der Waals surface area contributed by atoms with Gasteiger partial charge in [-0.3, -0.25) is 9.89 Å². The highest BCUT2D eigenvalue weighted by atomic mass is 19.3. The zero-order chi connectivity index (χ0) is 24.5. The van der Waals surface area contributed by atoms with Gasteiger partial charge in [-0.2, -0.15) is 19.1 Å². The third-order valence-corrected chi connectivity index (χ3v) is 7.79. The molecule has 1 spiro atoms. The number of benzene rings is 1. The Morgan fingerprint density at radius 1 is 1.26 bits per heavy atom. The summed E-state index contributed by atoms with van der Waals surface area (Å²) in [4.78, 5) is 20.1. The van der Waals surface area contributed by atoms with Crippen molar-refractivity contribution in [1.82, 2.24) is 20.1 Å². The van der Waals surface area contributed by atoms with Crippen molar-refractivity contribution < 1.29 is 13.6 Å². The number of fused-ring (bicyclic) bond motifs is 2. The number of hydrogen-bond donors (Lipinski definition) is 1. The molecule has 0 saturated carbocycles. The fraction of sp³-hybridized carbons (Fsp3) is 0.385. The van der Waals surface area contributed by atoms with Gasteiger partial charge in [0.2, 0.25) is 5.91 Å². The van der Waals surface area contributed by atoms with Gasteiger partial charge < -0.3 is 9.80 Å². The monoisotopic (exact) mass is 474 g/mol. The molecule has 3 aromatic rings. The molecular weight excluding hydrogens is 450 g/mol. The lowest BCUT2D eigenvalue weighted by molar-refractivity contribution is -0.136. The molecule has 178 valence electrons. The van der Waals surface area contributed by atoms with Gasteiger partial charge in [-0.15, -0.1) is 0 Å². The van der Waals surface area contributed by atoms with E-state index in [1.165, 1.54) is 6.08 Å². The second-order valence-corrected chi connectivity index (χ2v) is 9.99. The van der Waals surface area contributed by atoms with E-state index >= 15 is 8.78 Å². The average Bonchev–Trinajstić information content (AvgIpc) is 3.54. The number of aromatic amines is 1. The van der Waals surface area contributed by atoms with E-state index < -0.39 is 5.92 Å². The summed E-state index contributed by atoms with van der Waals surface area (Å²) in [6.07, 6.45) is 3.64. The summed E-state index contributed by atoms with van der Waals surface area (Å²) >= 11 is 0. The zero-order valence-electron chi connectivity index (χ0n) is 19.4. The van der Waals surface area contributed by atoms with Crippen molar-refractivity contribution >= 4 is 22.6 Å². The summed E-state index contributed by atoms with van der Waals surface area (Å²) in [5, 5.41) is 18.2. The molecule has 1 N–H and O–H groups in total. The Balaban J connectivity index is 1.51. The topological polar surface area (TPSA) is 88.9 Å². The van der Waals surface area contributed by atoms with Gasteiger partial charge >= 0.3 is 0 Å². The van der Waals surface area contributed by atoms with Crippen LogP contribution in [0.15, 0.2) is 31.0 Å². The number of nitrogens with zero attached hydrogens (tertiary/aromatic N) is 5. The average molecular weight is 475 g/mol. The number of H-pyrrole nitrogens is 1. The van der Waals surface area contributed by atoms with Crippen molar-refractivity contribution in [3.8, 4) is 17.2 Å². The molecule has 1 aromatic carbocycles. The molecule has 0 radical (unpaired) electrons. The number of aryl methyl sites for hydroxylation is 1. The highest BCUT2D eigenvalue weighted by molar-refractivity contribution is 5.99. The predicted octanol–water partition coefficient (Wildman–Crippen LogP) is 4.07. The van der Waals surface area contributed by atoms with Gasteiger partial charge in [0.25, 0.3) is 5.92 Å². The first-order chi connectivity index (χ1) is 16.8. The summed E-state index contributed by atoms with van der Waals surface area (Å²) in [7, 11) is 0. The highest BCUT2D eigenvalue weighted by Gasteiger charge is 2.50. The van der Waals surface area contributed by atoms with Crippen molar-refractivity contribution in [2.24, 2.45) is 5.41 Å². The minimum Gasteiger partial charge on any atom is -0.355 e. The van der Waals surface area contributed by atoms with E-state index in [4.69, 9.17) is 0 Å². The lowest BCUT2D eigenvalue weighted by atomic mass is 9.79. The second-order valence-electron chi connectivity index (χ2n) is 9.99. The summed E-state index contributed by atoms with van der Waals surface area (Å²) in [6, 6.07) is 6.14.